The zero-order valence-corrected chi connectivity index (χ0v) is 23.0. The highest BCUT2D eigenvalue weighted by Gasteiger charge is 2.29. The highest BCUT2D eigenvalue weighted by molar-refractivity contribution is 9.10. The van der Waals surface area contributed by atoms with E-state index in [4.69, 9.17) is 4.74 Å². The summed E-state index contributed by atoms with van der Waals surface area (Å²) >= 11 is 3.53. The van der Waals surface area contributed by atoms with Crippen molar-refractivity contribution in [1.82, 2.24) is 14.4 Å². The van der Waals surface area contributed by atoms with Crippen LogP contribution in [0.5, 0.6) is 0 Å². The van der Waals surface area contributed by atoms with Crippen molar-refractivity contribution < 1.29 is 19.4 Å². The number of hydrogen-bond acceptors (Lipinski definition) is 5. The van der Waals surface area contributed by atoms with Crippen LogP contribution in [0.25, 0.3) is 10.8 Å². The number of nitrogens with zero attached hydrogens (tertiary/aromatic N) is 3. The van der Waals surface area contributed by atoms with E-state index in [0.717, 1.165) is 15.4 Å². The molecule has 0 spiro atoms. The van der Waals surface area contributed by atoms with Crippen LogP contribution >= 0.6 is 15.9 Å². The number of amides is 1. The van der Waals surface area contributed by atoms with Crippen LogP contribution in [0.1, 0.15) is 47.1 Å². The van der Waals surface area contributed by atoms with E-state index < -0.39 is 16.9 Å². The molecule has 1 fully saturated rings. The standard InChI is InChI=1S/C26H36BrN3O5/c1-17-12-29(24(33)34)10-9-28(17)13-18-14-30(22(31)20-8-7-19(27)11-21(18)20)15-26(5,6)16-35-23(32)25(2,3)4/h7-8,11,14,17H,9-10,12-13,15-16H2,1-6H3,(H,33,34). The SMILES string of the molecule is CC1CN(C(=O)O)CCN1Cc1cn(CC(C)(C)COC(=O)C(C)(C)C)c(=O)c2ccc(Br)cc12. The van der Waals surface area contributed by atoms with Crippen molar-refractivity contribution in [2.24, 2.45) is 10.8 Å². The first kappa shape index (κ1) is 27.2. The molecule has 0 bridgehead atoms. The van der Waals surface area contributed by atoms with Gasteiger partial charge in [0.1, 0.15) is 0 Å². The summed E-state index contributed by atoms with van der Waals surface area (Å²) in [5, 5.41) is 10.8. The Labute approximate surface area is 215 Å². The molecule has 35 heavy (non-hydrogen) atoms. The second-order valence-electron chi connectivity index (χ2n) is 11.3. The number of pyridine rings is 1. The lowest BCUT2D eigenvalue weighted by molar-refractivity contribution is -0.156. The topological polar surface area (TPSA) is 92.1 Å². The number of hydrogen-bond donors (Lipinski definition) is 1. The van der Waals surface area contributed by atoms with Gasteiger partial charge in [-0.05, 0) is 56.8 Å². The van der Waals surface area contributed by atoms with E-state index in [1.807, 2.05) is 65.9 Å². The number of carboxylic acid groups (broad SMARTS) is 1. The van der Waals surface area contributed by atoms with Crippen molar-refractivity contribution in [3.05, 3.63) is 44.8 Å². The van der Waals surface area contributed by atoms with Crippen molar-refractivity contribution in [2.75, 3.05) is 26.2 Å². The number of esters is 1. The average molecular weight is 550 g/mol. The van der Waals surface area contributed by atoms with Gasteiger partial charge in [-0.3, -0.25) is 14.5 Å². The summed E-state index contributed by atoms with van der Waals surface area (Å²) in [5.74, 6) is -0.267. The Balaban J connectivity index is 1.91. The Bertz CT molecular complexity index is 1170. The lowest BCUT2D eigenvalue weighted by Gasteiger charge is -2.38. The molecule has 1 atom stereocenters. The number of piperazine rings is 1. The maximum Gasteiger partial charge on any atom is 0.407 e. The second-order valence-corrected chi connectivity index (χ2v) is 12.2. The van der Waals surface area contributed by atoms with E-state index in [1.165, 1.54) is 4.90 Å². The van der Waals surface area contributed by atoms with Gasteiger partial charge in [0, 0.05) is 60.2 Å². The maximum absolute atomic E-state index is 13.4. The van der Waals surface area contributed by atoms with Gasteiger partial charge in [-0.15, -0.1) is 0 Å². The molecule has 1 aromatic carbocycles. The van der Waals surface area contributed by atoms with Crippen LogP contribution in [0.2, 0.25) is 0 Å². The first-order valence-corrected chi connectivity index (χ1v) is 12.7. The van der Waals surface area contributed by atoms with Crippen LogP contribution in [0, 0.1) is 10.8 Å². The zero-order chi connectivity index (χ0) is 26.1. The number of rotatable bonds is 6. The van der Waals surface area contributed by atoms with Gasteiger partial charge in [-0.25, -0.2) is 4.79 Å². The molecule has 2 aromatic rings. The molecule has 1 saturated heterocycles. The Morgan fingerprint density at radius 2 is 1.83 bits per heavy atom. The summed E-state index contributed by atoms with van der Waals surface area (Å²) < 4.78 is 8.17. The van der Waals surface area contributed by atoms with E-state index in [1.54, 1.807) is 4.57 Å². The van der Waals surface area contributed by atoms with Crippen LogP contribution in [-0.2, 0) is 22.6 Å². The summed E-state index contributed by atoms with van der Waals surface area (Å²) in [4.78, 5) is 40.7. The second kappa shape index (κ2) is 10.3. The molecule has 1 aliphatic rings. The predicted molar refractivity (Wildman–Crippen MR) is 140 cm³/mol. The van der Waals surface area contributed by atoms with Crippen LogP contribution in [-0.4, -0.2) is 63.8 Å². The lowest BCUT2D eigenvalue weighted by Crippen LogP contribution is -2.52. The highest BCUT2D eigenvalue weighted by atomic mass is 79.9. The van der Waals surface area contributed by atoms with Crippen LogP contribution in [0.15, 0.2) is 33.7 Å². The molecule has 2 heterocycles. The molecule has 0 aliphatic carbocycles. The van der Waals surface area contributed by atoms with Gasteiger partial charge in [0.15, 0.2) is 0 Å². The number of carbonyl (C=O) groups is 2. The van der Waals surface area contributed by atoms with E-state index in [-0.39, 0.29) is 24.2 Å². The lowest BCUT2D eigenvalue weighted by atomic mass is 9.93. The van der Waals surface area contributed by atoms with Gasteiger partial charge in [0.2, 0.25) is 0 Å². The number of halogens is 1. The van der Waals surface area contributed by atoms with E-state index in [9.17, 15) is 19.5 Å². The highest BCUT2D eigenvalue weighted by Crippen LogP contribution is 2.26. The molecule has 0 radical (unpaired) electrons. The number of benzene rings is 1. The molecule has 9 heteroatoms. The Kier molecular flexibility index (Phi) is 8.01. The smallest absolute Gasteiger partial charge is 0.407 e. The molecule has 3 rings (SSSR count). The minimum atomic E-state index is -0.895. The molecule has 1 amide bonds. The minimum Gasteiger partial charge on any atom is -0.465 e. The van der Waals surface area contributed by atoms with E-state index >= 15 is 0 Å². The molecule has 0 saturated carbocycles. The number of ether oxygens (including phenoxy) is 1. The van der Waals surface area contributed by atoms with Crippen molar-refractivity contribution >= 4 is 38.8 Å². The fourth-order valence-corrected chi connectivity index (χ4v) is 4.65. The quantitative estimate of drug-likeness (QED) is 0.531. The van der Waals surface area contributed by atoms with E-state index in [2.05, 4.69) is 20.8 Å². The molecule has 1 aromatic heterocycles. The first-order chi connectivity index (χ1) is 16.2. The fraction of sp³-hybridized carbons (Fsp3) is 0.577. The van der Waals surface area contributed by atoms with Crippen molar-refractivity contribution in [2.45, 2.75) is 60.7 Å². The van der Waals surface area contributed by atoms with Gasteiger partial charge >= 0.3 is 12.1 Å². The zero-order valence-electron chi connectivity index (χ0n) is 21.4. The number of aromatic nitrogens is 1. The fourth-order valence-electron chi connectivity index (χ4n) is 4.29. The number of carbonyl (C=O) groups excluding carboxylic acids is 1. The van der Waals surface area contributed by atoms with Crippen LogP contribution in [0.3, 0.4) is 0 Å². The molecular formula is C26H36BrN3O5. The number of fused-ring (bicyclic) bond motifs is 1. The summed E-state index contributed by atoms with van der Waals surface area (Å²) in [5.41, 5.74) is -0.127. The van der Waals surface area contributed by atoms with Gasteiger partial charge in [-0.2, -0.15) is 0 Å². The predicted octanol–water partition coefficient (Wildman–Crippen LogP) is 4.56. The van der Waals surface area contributed by atoms with Gasteiger partial charge in [0.05, 0.1) is 12.0 Å². The molecule has 1 unspecified atom stereocenters. The summed E-state index contributed by atoms with van der Waals surface area (Å²) in [6.45, 7) is 14.2. The van der Waals surface area contributed by atoms with E-state index in [0.29, 0.717) is 38.1 Å². The van der Waals surface area contributed by atoms with Crippen LogP contribution < -0.4 is 5.56 Å². The van der Waals surface area contributed by atoms with Crippen molar-refractivity contribution in [1.29, 1.82) is 0 Å². The third kappa shape index (κ3) is 6.64. The summed E-state index contributed by atoms with van der Waals surface area (Å²) in [6, 6.07) is 5.71. The minimum absolute atomic E-state index is 0.0516. The Morgan fingerprint density at radius 1 is 1.14 bits per heavy atom. The van der Waals surface area contributed by atoms with Crippen molar-refractivity contribution in [3.8, 4) is 0 Å². The Hall–Kier alpha value is -2.39. The first-order valence-electron chi connectivity index (χ1n) is 11.9. The molecule has 8 nitrogen and oxygen atoms in total. The van der Waals surface area contributed by atoms with Gasteiger partial charge < -0.3 is 19.3 Å². The monoisotopic (exact) mass is 549 g/mol. The molecule has 1 aliphatic heterocycles. The third-order valence-corrected chi connectivity index (χ3v) is 6.84. The summed E-state index contributed by atoms with van der Waals surface area (Å²) in [7, 11) is 0. The average Bonchev–Trinajstić information content (AvgIpc) is 2.75. The van der Waals surface area contributed by atoms with Crippen LogP contribution in [0.4, 0.5) is 4.79 Å². The van der Waals surface area contributed by atoms with Gasteiger partial charge in [-0.1, -0.05) is 29.8 Å². The third-order valence-electron chi connectivity index (χ3n) is 6.34. The largest absolute Gasteiger partial charge is 0.465 e. The summed E-state index contributed by atoms with van der Waals surface area (Å²) in [6.07, 6.45) is 1.01. The van der Waals surface area contributed by atoms with Gasteiger partial charge in [0.25, 0.3) is 5.56 Å². The Morgan fingerprint density at radius 3 is 2.43 bits per heavy atom. The molecule has 1 N–H and O–H groups in total. The molecular weight excluding hydrogens is 514 g/mol. The normalized spacial score (nSPS) is 17.6. The maximum atomic E-state index is 13.4. The molecule has 192 valence electrons. The van der Waals surface area contributed by atoms with Crippen molar-refractivity contribution in [3.63, 3.8) is 0 Å².